The molecule has 0 saturated carbocycles. The zero-order valence-corrected chi connectivity index (χ0v) is 26.2. The monoisotopic (exact) mass is 617 g/mol. The van der Waals surface area contributed by atoms with E-state index in [9.17, 15) is 17.2 Å². The number of halogens is 2. The number of anilines is 4. The average Bonchev–Trinajstić information content (AvgIpc) is 2.94. The number of hydrogen-bond donors (Lipinski definition) is 2. The van der Waals surface area contributed by atoms with Gasteiger partial charge in [0.1, 0.15) is 27.6 Å². The van der Waals surface area contributed by atoms with Crippen LogP contribution in [0.3, 0.4) is 0 Å². The van der Waals surface area contributed by atoms with Gasteiger partial charge in [-0.25, -0.2) is 27.2 Å². The highest BCUT2D eigenvalue weighted by Gasteiger charge is 2.46. The lowest BCUT2D eigenvalue weighted by molar-refractivity contribution is -0.142. The van der Waals surface area contributed by atoms with Gasteiger partial charge in [0, 0.05) is 61.3 Å². The number of hydrogen-bond acceptors (Lipinski definition) is 10. The molecule has 0 bridgehead atoms. The summed E-state index contributed by atoms with van der Waals surface area (Å²) in [5.41, 5.74) is 2.19. The Morgan fingerprint density at radius 2 is 1.95 bits per heavy atom. The van der Waals surface area contributed by atoms with Crippen LogP contribution in [0.4, 0.5) is 32.1 Å². The van der Waals surface area contributed by atoms with E-state index in [0.29, 0.717) is 31.3 Å². The van der Waals surface area contributed by atoms with E-state index in [2.05, 4.69) is 63.4 Å². The second-order valence-electron chi connectivity index (χ2n) is 12.0. The lowest BCUT2D eigenvalue weighted by Gasteiger charge is -2.48. The van der Waals surface area contributed by atoms with Crippen molar-refractivity contribution in [3.63, 3.8) is 0 Å². The van der Waals surface area contributed by atoms with Crippen LogP contribution in [0.2, 0.25) is 0 Å². The fourth-order valence-corrected chi connectivity index (χ4v) is 7.12. The molecule has 13 heteroatoms. The molecule has 3 aromatic rings. The summed E-state index contributed by atoms with van der Waals surface area (Å²) in [7, 11) is -1.29. The Bertz CT molecular complexity index is 1560. The Hall–Kier alpha value is -3.16. The largest absolute Gasteiger partial charge is 0.370 e. The first-order valence-corrected chi connectivity index (χ1v) is 16.8. The SMILES string of the molecule is CNCCO[C@@H]1CCN(c2nccc(Nc3cc4c(C(C)C)ccc(N5C[C@H](CS(C)(=O)=O)[C@H]5C)c4cn3)n2)CC1(F)F. The molecule has 2 aromatic heterocycles. The number of ether oxygens (including phenoxy) is 1. The first-order chi connectivity index (χ1) is 20.4. The van der Waals surface area contributed by atoms with Gasteiger partial charge in [0.15, 0.2) is 0 Å². The summed E-state index contributed by atoms with van der Waals surface area (Å²) in [6.07, 6.45) is 3.71. The second-order valence-corrected chi connectivity index (χ2v) is 14.2. The quantitative estimate of drug-likeness (QED) is 0.304. The Balaban J connectivity index is 1.35. The fourth-order valence-electron chi connectivity index (χ4n) is 5.96. The van der Waals surface area contributed by atoms with Crippen molar-refractivity contribution in [2.75, 3.05) is 67.0 Å². The van der Waals surface area contributed by atoms with Crippen molar-refractivity contribution in [3.05, 3.63) is 42.2 Å². The lowest BCUT2D eigenvalue weighted by atomic mass is 9.88. The minimum atomic E-state index is -3.05. The van der Waals surface area contributed by atoms with Crippen molar-refractivity contribution in [1.29, 1.82) is 0 Å². The highest BCUT2D eigenvalue weighted by Crippen LogP contribution is 2.40. The minimum absolute atomic E-state index is 0.0901. The van der Waals surface area contributed by atoms with Crippen LogP contribution in [0, 0.1) is 5.92 Å². The fraction of sp³-hybridized carbons (Fsp3) is 0.567. The van der Waals surface area contributed by atoms with E-state index in [1.807, 2.05) is 12.3 Å². The van der Waals surface area contributed by atoms with E-state index in [-0.39, 0.29) is 42.6 Å². The van der Waals surface area contributed by atoms with Gasteiger partial charge in [-0.05, 0) is 55.5 Å². The number of pyridine rings is 1. The average molecular weight is 618 g/mol. The third-order valence-electron chi connectivity index (χ3n) is 8.35. The maximum Gasteiger partial charge on any atom is 0.290 e. The number of nitrogens with one attached hydrogen (secondary N) is 2. The summed E-state index contributed by atoms with van der Waals surface area (Å²) < 4.78 is 58.9. The molecule has 10 nitrogen and oxygen atoms in total. The highest BCUT2D eigenvalue weighted by atomic mass is 32.2. The van der Waals surface area contributed by atoms with Crippen molar-refractivity contribution < 1.29 is 21.9 Å². The van der Waals surface area contributed by atoms with Gasteiger partial charge in [-0.1, -0.05) is 19.9 Å². The molecular formula is C30H41F2N7O3S. The summed E-state index contributed by atoms with van der Waals surface area (Å²) in [4.78, 5) is 17.2. The van der Waals surface area contributed by atoms with Gasteiger partial charge in [-0.3, -0.25) is 0 Å². The number of sulfone groups is 1. The van der Waals surface area contributed by atoms with Crippen LogP contribution in [-0.4, -0.2) is 93.3 Å². The molecule has 0 radical (unpaired) electrons. The second kappa shape index (κ2) is 12.4. The summed E-state index contributed by atoms with van der Waals surface area (Å²) in [6, 6.07) is 7.98. The summed E-state index contributed by atoms with van der Waals surface area (Å²) in [6.45, 7) is 7.59. The molecule has 2 fully saturated rings. The first kappa shape index (κ1) is 31.3. The number of aromatic nitrogens is 3. The topological polar surface area (TPSA) is 113 Å². The third-order valence-corrected chi connectivity index (χ3v) is 9.39. The number of benzene rings is 1. The molecule has 0 aliphatic carbocycles. The molecule has 4 heterocycles. The zero-order chi connectivity index (χ0) is 30.9. The molecule has 0 spiro atoms. The van der Waals surface area contributed by atoms with Crippen LogP contribution in [0.15, 0.2) is 36.7 Å². The van der Waals surface area contributed by atoms with Crippen LogP contribution < -0.4 is 20.4 Å². The van der Waals surface area contributed by atoms with E-state index < -0.39 is 28.4 Å². The van der Waals surface area contributed by atoms with Crippen molar-refractivity contribution in [2.45, 2.75) is 51.2 Å². The zero-order valence-electron chi connectivity index (χ0n) is 25.3. The van der Waals surface area contributed by atoms with Gasteiger partial charge >= 0.3 is 0 Å². The molecule has 2 N–H and O–H groups in total. The van der Waals surface area contributed by atoms with Gasteiger partial charge < -0.3 is 25.2 Å². The maximum atomic E-state index is 14.9. The van der Waals surface area contributed by atoms with Gasteiger partial charge in [0.05, 0.1) is 18.9 Å². The summed E-state index contributed by atoms with van der Waals surface area (Å²) in [5, 5.41) is 8.17. The molecule has 5 rings (SSSR count). The van der Waals surface area contributed by atoms with Crippen molar-refractivity contribution in [1.82, 2.24) is 20.3 Å². The van der Waals surface area contributed by atoms with E-state index in [0.717, 1.165) is 22.0 Å². The molecule has 3 atom stereocenters. The lowest BCUT2D eigenvalue weighted by Crippen LogP contribution is -2.57. The summed E-state index contributed by atoms with van der Waals surface area (Å²) >= 11 is 0. The molecule has 234 valence electrons. The minimum Gasteiger partial charge on any atom is -0.370 e. The standard InChI is InChI=1S/C30H41F2N7O3S/c1-19(2)22-6-7-25(39-16-21(20(39)3)17-43(5,40)41)24-15-35-28(14-23(22)24)36-27-8-10-34-29(37-27)38-12-9-26(30(31,32)18-38)42-13-11-33-4/h6-8,10,14-15,19-21,26,33H,9,11-13,16-18H2,1-5H3,(H,34,35,36,37)/t20-,21-,26-/m1/s1. The summed E-state index contributed by atoms with van der Waals surface area (Å²) in [5.74, 6) is -1.25. The molecule has 0 amide bonds. The van der Waals surface area contributed by atoms with Crippen LogP contribution in [0.1, 0.15) is 38.7 Å². The predicted molar refractivity (Wildman–Crippen MR) is 167 cm³/mol. The number of likely N-dealkylation sites (N-methyl/N-ethyl adjacent to an activating group) is 1. The van der Waals surface area contributed by atoms with Gasteiger partial charge in [0.25, 0.3) is 5.92 Å². The van der Waals surface area contributed by atoms with E-state index >= 15 is 0 Å². The van der Waals surface area contributed by atoms with Gasteiger partial charge in [0.2, 0.25) is 5.95 Å². The first-order valence-electron chi connectivity index (χ1n) is 14.7. The van der Waals surface area contributed by atoms with E-state index in [1.165, 1.54) is 11.2 Å². The van der Waals surface area contributed by atoms with Gasteiger partial charge in [-0.2, -0.15) is 4.98 Å². The number of fused-ring (bicyclic) bond motifs is 1. The Labute approximate surface area is 252 Å². The van der Waals surface area contributed by atoms with Gasteiger partial charge in [-0.15, -0.1) is 0 Å². The normalized spacial score (nSPS) is 22.2. The maximum absolute atomic E-state index is 14.9. The number of rotatable bonds is 11. The van der Waals surface area contributed by atoms with Crippen molar-refractivity contribution in [2.24, 2.45) is 5.92 Å². The molecule has 2 aliphatic rings. The number of piperidine rings is 1. The van der Waals surface area contributed by atoms with Crippen LogP contribution in [0.5, 0.6) is 0 Å². The number of nitrogens with zero attached hydrogens (tertiary/aromatic N) is 5. The number of alkyl halides is 2. The predicted octanol–water partition coefficient (Wildman–Crippen LogP) is 4.21. The van der Waals surface area contributed by atoms with E-state index in [4.69, 9.17) is 4.74 Å². The van der Waals surface area contributed by atoms with Crippen molar-refractivity contribution in [3.8, 4) is 0 Å². The molecular weight excluding hydrogens is 576 g/mol. The Morgan fingerprint density at radius 1 is 1.16 bits per heavy atom. The molecule has 43 heavy (non-hydrogen) atoms. The van der Waals surface area contributed by atoms with Crippen LogP contribution in [-0.2, 0) is 14.6 Å². The van der Waals surface area contributed by atoms with Crippen LogP contribution >= 0.6 is 0 Å². The molecule has 0 unspecified atom stereocenters. The Morgan fingerprint density at radius 3 is 2.63 bits per heavy atom. The molecule has 2 saturated heterocycles. The smallest absolute Gasteiger partial charge is 0.290 e. The highest BCUT2D eigenvalue weighted by molar-refractivity contribution is 7.90. The van der Waals surface area contributed by atoms with E-state index in [1.54, 1.807) is 19.3 Å². The third kappa shape index (κ3) is 6.99. The molecule has 1 aromatic carbocycles. The Kier molecular flexibility index (Phi) is 9.05. The molecule has 2 aliphatic heterocycles. The van der Waals surface area contributed by atoms with Crippen LogP contribution in [0.25, 0.3) is 10.8 Å². The van der Waals surface area contributed by atoms with Crippen molar-refractivity contribution >= 4 is 43.9 Å².